The summed E-state index contributed by atoms with van der Waals surface area (Å²) in [6.45, 7) is 0. The minimum atomic E-state index is -0.0795. The van der Waals surface area contributed by atoms with Crippen LogP contribution in [0.3, 0.4) is 0 Å². The molecule has 0 aliphatic carbocycles. The molecule has 10 aromatic rings. The van der Waals surface area contributed by atoms with Gasteiger partial charge in [-0.1, -0.05) is 152 Å². The quantitative estimate of drug-likeness (QED) is 0.186. The van der Waals surface area contributed by atoms with Crippen molar-refractivity contribution in [2.75, 3.05) is 0 Å². The highest BCUT2D eigenvalue weighted by molar-refractivity contribution is 6.19. The summed E-state index contributed by atoms with van der Waals surface area (Å²) in [7, 11) is 0. The van der Waals surface area contributed by atoms with Gasteiger partial charge in [-0.15, -0.1) is 0 Å². The summed E-state index contributed by atoms with van der Waals surface area (Å²) in [4.78, 5) is 5.34. The Morgan fingerprint density at radius 1 is 0.411 bits per heavy atom. The lowest BCUT2D eigenvalue weighted by molar-refractivity contribution is 0.668. The molecule has 2 aromatic heterocycles. The van der Waals surface area contributed by atoms with Crippen molar-refractivity contribution in [3.63, 3.8) is 0 Å². The molecule has 0 saturated carbocycles. The number of para-hydroxylation sites is 2. The van der Waals surface area contributed by atoms with Crippen molar-refractivity contribution in [3.8, 4) is 33.4 Å². The molecular weight excluding hydrogens is 685 g/mol. The van der Waals surface area contributed by atoms with E-state index in [0.29, 0.717) is 0 Å². The normalized spacial score (nSPS) is 14.2. The second-order valence-corrected chi connectivity index (χ2v) is 14.3. The van der Waals surface area contributed by atoms with Crippen molar-refractivity contribution in [1.29, 1.82) is 0 Å². The molecular formula is C52H34N2O2. The minimum absolute atomic E-state index is 0.0795. The topological polar surface area (TPSA) is 50.7 Å². The lowest BCUT2D eigenvalue weighted by atomic mass is 9.93. The third-order valence-electron chi connectivity index (χ3n) is 10.9. The summed E-state index contributed by atoms with van der Waals surface area (Å²) in [6, 6.07) is 65.7. The number of rotatable bonds is 6. The van der Waals surface area contributed by atoms with Crippen LogP contribution in [0, 0.1) is 0 Å². The van der Waals surface area contributed by atoms with Crippen molar-refractivity contribution in [2.45, 2.75) is 6.04 Å². The van der Waals surface area contributed by atoms with E-state index in [0.717, 1.165) is 88.8 Å². The highest BCUT2D eigenvalue weighted by Gasteiger charge is 2.23. The Morgan fingerprint density at radius 2 is 0.982 bits per heavy atom. The zero-order valence-corrected chi connectivity index (χ0v) is 30.3. The number of furan rings is 2. The van der Waals surface area contributed by atoms with Crippen molar-refractivity contribution >= 4 is 55.4 Å². The van der Waals surface area contributed by atoms with Crippen LogP contribution in [-0.2, 0) is 0 Å². The number of hydrogen-bond donors (Lipinski definition) is 1. The molecule has 1 unspecified atom stereocenters. The van der Waals surface area contributed by atoms with Crippen molar-refractivity contribution in [1.82, 2.24) is 5.32 Å². The Morgan fingerprint density at radius 3 is 1.77 bits per heavy atom. The molecule has 1 N–H and O–H groups in total. The van der Waals surface area contributed by atoms with Crippen LogP contribution >= 0.6 is 0 Å². The van der Waals surface area contributed by atoms with Gasteiger partial charge in [0.2, 0.25) is 0 Å². The zero-order valence-electron chi connectivity index (χ0n) is 30.3. The first-order valence-electron chi connectivity index (χ1n) is 19.0. The minimum Gasteiger partial charge on any atom is -0.456 e. The number of aliphatic imine (C=N–C) groups is 1. The summed E-state index contributed by atoms with van der Waals surface area (Å²) in [6.07, 6.45) is 2.23. The van der Waals surface area contributed by atoms with Crippen LogP contribution in [0.4, 0.5) is 0 Å². The third-order valence-corrected chi connectivity index (χ3v) is 10.9. The molecule has 4 heteroatoms. The molecule has 0 amide bonds. The maximum absolute atomic E-state index is 6.65. The van der Waals surface area contributed by atoms with E-state index in [1.807, 2.05) is 30.3 Å². The van der Waals surface area contributed by atoms with Crippen LogP contribution in [0.5, 0.6) is 0 Å². The molecule has 0 spiro atoms. The lowest BCUT2D eigenvalue weighted by Gasteiger charge is -2.25. The van der Waals surface area contributed by atoms with Gasteiger partial charge in [-0.3, -0.25) is 0 Å². The fourth-order valence-electron chi connectivity index (χ4n) is 8.29. The smallest absolute Gasteiger partial charge is 0.143 e. The van der Waals surface area contributed by atoms with Crippen molar-refractivity contribution < 1.29 is 8.83 Å². The lowest BCUT2D eigenvalue weighted by Crippen LogP contribution is -2.31. The molecule has 0 radical (unpaired) electrons. The molecule has 1 aliphatic rings. The van der Waals surface area contributed by atoms with Gasteiger partial charge in [-0.25, -0.2) is 4.99 Å². The Labute approximate surface area is 323 Å². The van der Waals surface area contributed by atoms with E-state index in [1.54, 1.807) is 0 Å². The van der Waals surface area contributed by atoms with Gasteiger partial charge < -0.3 is 14.2 Å². The van der Waals surface area contributed by atoms with E-state index in [-0.39, 0.29) is 6.04 Å². The van der Waals surface area contributed by atoms with Gasteiger partial charge >= 0.3 is 0 Å². The molecule has 8 aromatic carbocycles. The number of hydrogen-bond acceptors (Lipinski definition) is 4. The molecule has 11 rings (SSSR count). The van der Waals surface area contributed by atoms with E-state index in [2.05, 4.69) is 169 Å². The van der Waals surface area contributed by atoms with Crippen LogP contribution in [0.1, 0.15) is 22.7 Å². The SMILES string of the molecule is C1=C(c2cccc(-c3cccc(-c4ccc(-c5ccccc5)c5c4oc4ccccc45)c3)c2)N=C(c2cccc3oc4ccccc4c23)NC1c1ccccc1. The van der Waals surface area contributed by atoms with Gasteiger partial charge in [0.15, 0.2) is 0 Å². The molecule has 1 atom stereocenters. The highest BCUT2D eigenvalue weighted by Crippen LogP contribution is 2.42. The second-order valence-electron chi connectivity index (χ2n) is 14.3. The monoisotopic (exact) mass is 718 g/mol. The molecule has 0 fully saturated rings. The van der Waals surface area contributed by atoms with Gasteiger partial charge in [-0.2, -0.15) is 0 Å². The molecule has 1 aliphatic heterocycles. The first kappa shape index (κ1) is 32.0. The fourth-order valence-corrected chi connectivity index (χ4v) is 8.29. The Balaban J connectivity index is 1.02. The standard InChI is InChI=1S/C52H34N2O2/c1-3-14-33(15-4-1)39-28-29-40(51-50(39)42-23-8-10-26-47(42)56-51)37-20-11-18-35(30-37)36-19-12-21-38(31-36)45-32-44(34-16-5-2-6-17-34)53-52(54-45)43-24-13-27-48-49(43)41-22-7-9-25-46(41)55-48/h1-32,44H,(H,53,54). The van der Waals surface area contributed by atoms with Gasteiger partial charge in [0, 0.05) is 38.2 Å². The average molecular weight is 719 g/mol. The van der Waals surface area contributed by atoms with E-state index in [4.69, 9.17) is 13.8 Å². The molecule has 4 nitrogen and oxygen atoms in total. The molecule has 264 valence electrons. The van der Waals surface area contributed by atoms with Crippen molar-refractivity contribution in [3.05, 3.63) is 211 Å². The van der Waals surface area contributed by atoms with Gasteiger partial charge in [0.1, 0.15) is 28.2 Å². The van der Waals surface area contributed by atoms with Crippen molar-refractivity contribution in [2.24, 2.45) is 4.99 Å². The Bertz CT molecular complexity index is 3170. The number of fused-ring (bicyclic) bond motifs is 6. The number of nitrogens with one attached hydrogen (secondary N) is 1. The summed E-state index contributed by atoms with van der Waals surface area (Å²) >= 11 is 0. The fraction of sp³-hybridized carbons (Fsp3) is 0.0192. The first-order valence-corrected chi connectivity index (χ1v) is 19.0. The van der Waals surface area contributed by atoms with E-state index < -0.39 is 0 Å². The predicted octanol–water partition coefficient (Wildman–Crippen LogP) is 13.6. The van der Waals surface area contributed by atoms with E-state index >= 15 is 0 Å². The summed E-state index contributed by atoms with van der Waals surface area (Å²) in [5.74, 6) is 0.815. The van der Waals surface area contributed by atoms with E-state index in [9.17, 15) is 0 Å². The third kappa shape index (κ3) is 5.42. The Hall–Kier alpha value is -7.43. The summed E-state index contributed by atoms with van der Waals surface area (Å²) in [5, 5.41) is 8.15. The van der Waals surface area contributed by atoms with Gasteiger partial charge in [0.25, 0.3) is 0 Å². The van der Waals surface area contributed by atoms with Crippen LogP contribution in [0.25, 0.3) is 83.0 Å². The van der Waals surface area contributed by atoms with Crippen LogP contribution in [0.15, 0.2) is 208 Å². The van der Waals surface area contributed by atoms with E-state index in [1.165, 1.54) is 16.7 Å². The number of amidine groups is 1. The second kappa shape index (κ2) is 13.2. The maximum atomic E-state index is 6.65. The molecule has 0 saturated heterocycles. The largest absolute Gasteiger partial charge is 0.456 e. The average Bonchev–Trinajstić information content (AvgIpc) is 3.86. The maximum Gasteiger partial charge on any atom is 0.143 e. The highest BCUT2D eigenvalue weighted by atomic mass is 16.3. The molecule has 0 bridgehead atoms. The van der Waals surface area contributed by atoms with Crippen LogP contribution < -0.4 is 5.32 Å². The first-order chi connectivity index (χ1) is 27.7. The number of nitrogens with zero attached hydrogens (tertiary/aromatic N) is 1. The van der Waals surface area contributed by atoms with Gasteiger partial charge in [0.05, 0.1) is 11.7 Å². The van der Waals surface area contributed by atoms with Crippen LogP contribution in [0.2, 0.25) is 0 Å². The Kier molecular flexibility index (Phi) is 7.52. The number of benzene rings is 8. The van der Waals surface area contributed by atoms with Gasteiger partial charge in [-0.05, 0) is 75.9 Å². The molecule has 3 heterocycles. The summed E-state index contributed by atoms with van der Waals surface area (Å²) < 4.78 is 12.9. The predicted molar refractivity (Wildman–Crippen MR) is 231 cm³/mol. The molecule has 56 heavy (non-hydrogen) atoms. The summed E-state index contributed by atoms with van der Waals surface area (Å²) in [5.41, 5.74) is 14.4. The van der Waals surface area contributed by atoms with Crippen LogP contribution in [-0.4, -0.2) is 5.84 Å². The zero-order chi connectivity index (χ0) is 37.0.